The van der Waals surface area contributed by atoms with Gasteiger partial charge < -0.3 is 15.2 Å². The Kier molecular flexibility index (Phi) is 5.43. The van der Waals surface area contributed by atoms with Gasteiger partial charge in [-0.05, 0) is 47.8 Å². The smallest absolute Gasteiger partial charge is 0.0728 e. The van der Waals surface area contributed by atoms with Crippen molar-refractivity contribution in [1.82, 2.24) is 0 Å². The number of hydrogen-bond donors (Lipinski definition) is 1. The number of anilines is 1. The van der Waals surface area contributed by atoms with Crippen molar-refractivity contribution < 1.29 is 9.47 Å². The zero-order valence-corrected chi connectivity index (χ0v) is 12.2. The summed E-state index contributed by atoms with van der Waals surface area (Å²) in [7, 11) is 1.72. The Morgan fingerprint density at radius 3 is 2.71 bits per heavy atom. The second-order valence-corrected chi connectivity index (χ2v) is 5.38. The summed E-state index contributed by atoms with van der Waals surface area (Å²) in [5, 5.41) is 0. The fourth-order valence-electron chi connectivity index (χ4n) is 1.31. The Hall–Kier alpha value is -0.580. The summed E-state index contributed by atoms with van der Waals surface area (Å²) in [5.74, 6) is 0. The highest BCUT2D eigenvalue weighted by Gasteiger charge is 2.15. The van der Waals surface area contributed by atoms with Gasteiger partial charge in [-0.2, -0.15) is 0 Å². The van der Waals surface area contributed by atoms with Crippen LogP contribution in [0, 0.1) is 0 Å². The highest BCUT2D eigenvalue weighted by Crippen LogP contribution is 2.24. The third kappa shape index (κ3) is 4.66. The zero-order valence-electron chi connectivity index (χ0n) is 10.6. The van der Waals surface area contributed by atoms with E-state index in [1.807, 2.05) is 32.0 Å². The molecule has 0 aromatic heterocycles. The first-order valence-electron chi connectivity index (χ1n) is 5.62. The number of nitrogens with two attached hydrogens (primary N) is 1. The van der Waals surface area contributed by atoms with Crippen molar-refractivity contribution in [1.29, 1.82) is 0 Å². The van der Waals surface area contributed by atoms with Gasteiger partial charge in [0.1, 0.15) is 0 Å². The summed E-state index contributed by atoms with van der Waals surface area (Å²) in [6, 6.07) is 5.79. The second-order valence-electron chi connectivity index (χ2n) is 4.59. The molecule has 0 aliphatic rings. The molecule has 1 rings (SSSR count). The molecule has 17 heavy (non-hydrogen) atoms. The van der Waals surface area contributed by atoms with E-state index >= 15 is 0 Å². The molecule has 1 aromatic carbocycles. The predicted molar refractivity (Wildman–Crippen MR) is 73.9 cm³/mol. The number of methoxy groups -OCH3 is 1. The van der Waals surface area contributed by atoms with Crippen LogP contribution in [0.25, 0.3) is 0 Å². The average Bonchev–Trinajstić information content (AvgIpc) is 2.30. The van der Waals surface area contributed by atoms with Crippen LogP contribution in [0.1, 0.15) is 25.8 Å². The number of rotatable bonds is 6. The lowest BCUT2D eigenvalue weighted by Gasteiger charge is -2.22. The van der Waals surface area contributed by atoms with Gasteiger partial charge in [0.05, 0.1) is 12.2 Å². The fourth-order valence-corrected chi connectivity index (χ4v) is 1.69. The first-order chi connectivity index (χ1) is 7.96. The van der Waals surface area contributed by atoms with E-state index in [9.17, 15) is 0 Å². The lowest BCUT2D eigenvalue weighted by atomic mass is 10.1. The van der Waals surface area contributed by atoms with Gasteiger partial charge in [0.25, 0.3) is 0 Å². The molecular weight excluding hydrogens is 282 g/mol. The molecule has 0 heterocycles. The topological polar surface area (TPSA) is 44.5 Å². The number of nitrogen functional groups attached to an aromatic ring is 1. The highest BCUT2D eigenvalue weighted by atomic mass is 79.9. The Morgan fingerprint density at radius 2 is 2.06 bits per heavy atom. The van der Waals surface area contributed by atoms with Crippen molar-refractivity contribution in [2.75, 3.05) is 19.5 Å². The minimum Gasteiger partial charge on any atom is -0.398 e. The van der Waals surface area contributed by atoms with Crippen LogP contribution in [-0.4, -0.2) is 19.3 Å². The van der Waals surface area contributed by atoms with E-state index in [4.69, 9.17) is 15.2 Å². The Labute approximate surface area is 111 Å². The van der Waals surface area contributed by atoms with Crippen molar-refractivity contribution >= 4 is 21.6 Å². The van der Waals surface area contributed by atoms with Crippen LogP contribution < -0.4 is 5.73 Å². The van der Waals surface area contributed by atoms with Crippen LogP contribution in [0.3, 0.4) is 0 Å². The number of benzene rings is 1. The summed E-state index contributed by atoms with van der Waals surface area (Å²) in [6.07, 6.45) is 0.865. The molecule has 0 radical (unpaired) electrons. The molecule has 4 heteroatoms. The second kappa shape index (κ2) is 6.38. The van der Waals surface area contributed by atoms with Gasteiger partial charge in [-0.25, -0.2) is 0 Å². The molecule has 0 saturated carbocycles. The molecule has 3 nitrogen and oxygen atoms in total. The first kappa shape index (κ1) is 14.5. The van der Waals surface area contributed by atoms with E-state index in [2.05, 4.69) is 15.9 Å². The van der Waals surface area contributed by atoms with Gasteiger partial charge >= 0.3 is 0 Å². The van der Waals surface area contributed by atoms with Gasteiger partial charge in [-0.1, -0.05) is 12.1 Å². The molecular formula is C13H20BrNO2. The largest absolute Gasteiger partial charge is 0.398 e. The summed E-state index contributed by atoms with van der Waals surface area (Å²) in [5.41, 5.74) is 7.47. The number of halogens is 1. The van der Waals surface area contributed by atoms with Gasteiger partial charge in [0.15, 0.2) is 0 Å². The van der Waals surface area contributed by atoms with Crippen LogP contribution in [-0.2, 0) is 16.1 Å². The van der Waals surface area contributed by atoms with Gasteiger partial charge in [-0.15, -0.1) is 0 Å². The molecule has 0 spiro atoms. The Morgan fingerprint density at radius 1 is 1.35 bits per heavy atom. The van der Waals surface area contributed by atoms with Crippen LogP contribution in [0.2, 0.25) is 0 Å². The maximum atomic E-state index is 5.79. The van der Waals surface area contributed by atoms with Gasteiger partial charge in [0.2, 0.25) is 0 Å². The van der Waals surface area contributed by atoms with E-state index in [0.717, 1.165) is 22.1 Å². The number of ether oxygens (including phenoxy) is 2. The van der Waals surface area contributed by atoms with Crippen molar-refractivity contribution in [2.24, 2.45) is 0 Å². The van der Waals surface area contributed by atoms with Crippen LogP contribution in [0.15, 0.2) is 22.7 Å². The molecule has 0 unspecified atom stereocenters. The average molecular weight is 302 g/mol. The van der Waals surface area contributed by atoms with E-state index in [1.165, 1.54) is 0 Å². The summed E-state index contributed by atoms with van der Waals surface area (Å²) in [4.78, 5) is 0. The first-order valence-corrected chi connectivity index (χ1v) is 6.41. The molecule has 96 valence electrons. The van der Waals surface area contributed by atoms with Gasteiger partial charge in [-0.3, -0.25) is 0 Å². The summed E-state index contributed by atoms with van der Waals surface area (Å²) >= 11 is 3.46. The number of hydrogen-bond acceptors (Lipinski definition) is 3. The van der Waals surface area contributed by atoms with E-state index in [-0.39, 0.29) is 5.60 Å². The van der Waals surface area contributed by atoms with Crippen molar-refractivity contribution in [3.8, 4) is 0 Å². The van der Waals surface area contributed by atoms with Gasteiger partial charge in [0, 0.05) is 23.9 Å². The maximum absolute atomic E-state index is 5.79. The molecule has 0 atom stereocenters. The lowest BCUT2D eigenvalue weighted by molar-refractivity contribution is -0.0125. The normalized spacial score (nSPS) is 11.8. The predicted octanol–water partition coefficient (Wildman–Crippen LogP) is 3.36. The molecule has 0 saturated heterocycles. The third-order valence-corrected chi connectivity index (χ3v) is 3.73. The molecule has 0 fully saturated rings. The minimum atomic E-state index is -0.132. The van der Waals surface area contributed by atoms with E-state index < -0.39 is 0 Å². The quantitative estimate of drug-likeness (QED) is 0.647. The summed E-state index contributed by atoms with van der Waals surface area (Å²) < 4.78 is 11.9. The maximum Gasteiger partial charge on any atom is 0.0728 e. The zero-order chi connectivity index (χ0) is 12.9. The molecule has 0 bridgehead atoms. The molecule has 2 N–H and O–H groups in total. The minimum absolute atomic E-state index is 0.132. The van der Waals surface area contributed by atoms with Crippen LogP contribution in [0.5, 0.6) is 0 Å². The Balaban J connectivity index is 2.39. The van der Waals surface area contributed by atoms with Crippen LogP contribution >= 0.6 is 15.9 Å². The third-order valence-electron chi connectivity index (χ3n) is 2.77. The molecule has 0 aliphatic carbocycles. The van der Waals surface area contributed by atoms with Crippen LogP contribution in [0.4, 0.5) is 5.69 Å². The molecule has 0 amide bonds. The van der Waals surface area contributed by atoms with Crippen molar-refractivity contribution in [3.63, 3.8) is 0 Å². The highest BCUT2D eigenvalue weighted by molar-refractivity contribution is 9.10. The lowest BCUT2D eigenvalue weighted by Crippen LogP contribution is -2.24. The molecule has 1 aromatic rings. The molecule has 0 aliphatic heterocycles. The Bertz CT molecular complexity index is 366. The van der Waals surface area contributed by atoms with E-state index in [0.29, 0.717) is 13.2 Å². The fraction of sp³-hybridized carbons (Fsp3) is 0.538. The SMILES string of the molecule is COC(C)(C)CCOCc1cccc(N)c1Br. The monoisotopic (exact) mass is 301 g/mol. The summed E-state index contributed by atoms with van der Waals surface area (Å²) in [6.45, 7) is 5.33. The van der Waals surface area contributed by atoms with Crippen molar-refractivity contribution in [2.45, 2.75) is 32.5 Å². The van der Waals surface area contributed by atoms with E-state index in [1.54, 1.807) is 7.11 Å². The standard InChI is InChI=1S/C13H20BrNO2/c1-13(2,16-3)7-8-17-9-10-5-4-6-11(15)12(10)14/h4-6H,7-9,15H2,1-3H3. The van der Waals surface area contributed by atoms with Crippen molar-refractivity contribution in [3.05, 3.63) is 28.2 Å².